The van der Waals surface area contributed by atoms with Crippen molar-refractivity contribution >= 4 is 19.2 Å². The molecule has 6 heteroatoms. The lowest BCUT2D eigenvalue weighted by Crippen LogP contribution is -2.49. The molecule has 2 heterocycles. The summed E-state index contributed by atoms with van der Waals surface area (Å²) in [6.07, 6.45) is 0. The lowest BCUT2D eigenvalue weighted by Gasteiger charge is -2.42. The largest absolute Gasteiger partial charge is 0.397 e. The van der Waals surface area contributed by atoms with Crippen LogP contribution in [0.15, 0.2) is 24.3 Å². The molecular formula is C12H13BN4O. The van der Waals surface area contributed by atoms with Crippen LogP contribution in [0.5, 0.6) is 0 Å². The molecule has 1 aliphatic heterocycles. The van der Waals surface area contributed by atoms with E-state index in [0.717, 1.165) is 11.4 Å². The number of rotatable bonds is 0. The second kappa shape index (κ2) is 3.29. The zero-order valence-electron chi connectivity index (χ0n) is 10.3. The van der Waals surface area contributed by atoms with Gasteiger partial charge >= 0.3 is 0 Å². The van der Waals surface area contributed by atoms with E-state index in [1.165, 1.54) is 0 Å². The van der Waals surface area contributed by atoms with Gasteiger partial charge in [0.2, 0.25) is 0 Å². The van der Waals surface area contributed by atoms with Gasteiger partial charge in [0.1, 0.15) is 5.62 Å². The van der Waals surface area contributed by atoms with Crippen molar-refractivity contribution in [3.05, 3.63) is 35.7 Å². The average molecular weight is 240 g/mol. The Balaban J connectivity index is 2.40. The molecule has 3 rings (SSSR count). The molecule has 0 spiro atoms. The number of aryl methyl sites for hydroxylation is 1. The Morgan fingerprint density at radius 3 is 2.89 bits per heavy atom. The van der Waals surface area contributed by atoms with E-state index >= 15 is 0 Å². The van der Waals surface area contributed by atoms with Crippen molar-refractivity contribution in [1.82, 2.24) is 9.78 Å². The Bertz CT molecular complexity index is 635. The summed E-state index contributed by atoms with van der Waals surface area (Å²) in [5.41, 5.74) is 7.71. The number of aromatic nitrogens is 2. The Kier molecular flexibility index (Phi) is 2.04. The number of aliphatic hydroxyl groups is 1. The fraction of sp³-hybridized carbons (Fsp3) is 0.250. The highest BCUT2D eigenvalue weighted by molar-refractivity contribution is 6.16. The van der Waals surface area contributed by atoms with E-state index < -0.39 is 5.62 Å². The summed E-state index contributed by atoms with van der Waals surface area (Å²) in [7, 11) is 7.70. The third-order valence-corrected chi connectivity index (χ3v) is 3.33. The monoisotopic (exact) mass is 240 g/mol. The van der Waals surface area contributed by atoms with Gasteiger partial charge in [-0.3, -0.25) is 0 Å². The first-order valence-electron chi connectivity index (χ1n) is 5.64. The number of benzene rings is 1. The summed E-state index contributed by atoms with van der Waals surface area (Å²) in [5, 5.41) is 14.8. The number of nitrogens with zero attached hydrogens (tertiary/aromatic N) is 3. The Morgan fingerprint density at radius 1 is 1.44 bits per heavy atom. The maximum atomic E-state index is 10.5. The predicted octanol–water partition coefficient (Wildman–Crippen LogP) is 0.484. The van der Waals surface area contributed by atoms with Gasteiger partial charge in [-0.15, -0.1) is 0 Å². The van der Waals surface area contributed by atoms with Crippen LogP contribution in [0.4, 0.5) is 11.4 Å². The molecule has 90 valence electrons. The lowest BCUT2D eigenvalue weighted by molar-refractivity contribution is 0.117. The molecule has 1 aromatic heterocycles. The number of nitrogen functional groups attached to an aromatic ring is 1. The van der Waals surface area contributed by atoms with E-state index in [0.29, 0.717) is 17.1 Å². The van der Waals surface area contributed by atoms with Crippen LogP contribution >= 0.6 is 0 Å². The summed E-state index contributed by atoms with van der Waals surface area (Å²) in [5.74, 6) is 0. The summed E-state index contributed by atoms with van der Waals surface area (Å²) in [6, 6.07) is 7.28. The van der Waals surface area contributed by atoms with Crippen molar-refractivity contribution in [1.29, 1.82) is 0 Å². The fourth-order valence-electron chi connectivity index (χ4n) is 2.37. The summed E-state index contributed by atoms with van der Waals surface area (Å²) in [4.78, 5) is 1.56. The number of fused-ring (bicyclic) bond motifs is 3. The van der Waals surface area contributed by atoms with E-state index in [2.05, 4.69) is 5.10 Å². The first kappa shape index (κ1) is 11.2. The molecule has 2 radical (unpaired) electrons. The molecule has 2 aromatic rings. The maximum absolute atomic E-state index is 10.5. The Labute approximate surface area is 106 Å². The van der Waals surface area contributed by atoms with Crippen LogP contribution < -0.4 is 10.6 Å². The topological polar surface area (TPSA) is 67.3 Å². The molecule has 0 saturated heterocycles. The molecule has 18 heavy (non-hydrogen) atoms. The molecule has 1 aromatic carbocycles. The number of para-hydroxylation sites is 1. The molecule has 3 N–H and O–H groups in total. The first-order valence-corrected chi connectivity index (χ1v) is 5.64. The molecular weight excluding hydrogens is 227 g/mol. The highest BCUT2D eigenvalue weighted by Gasteiger charge is 2.38. The van der Waals surface area contributed by atoms with Crippen molar-refractivity contribution in [3.8, 4) is 5.69 Å². The van der Waals surface area contributed by atoms with Gasteiger partial charge in [-0.2, -0.15) is 5.10 Å². The first-order chi connectivity index (χ1) is 8.43. The third kappa shape index (κ3) is 1.23. The van der Waals surface area contributed by atoms with Crippen molar-refractivity contribution in [3.63, 3.8) is 0 Å². The van der Waals surface area contributed by atoms with Gasteiger partial charge in [-0.25, -0.2) is 4.68 Å². The van der Waals surface area contributed by atoms with Gasteiger partial charge in [0.25, 0.3) is 0 Å². The number of anilines is 2. The number of nitrogens with two attached hydrogens (primary N) is 1. The average Bonchev–Trinajstić information content (AvgIpc) is 2.69. The zero-order valence-corrected chi connectivity index (χ0v) is 10.3. The standard InChI is InChI=1S/C12H13BN4O/c1-7-6-10-12(13,18)16(2)11-8(14)4-3-5-9(11)17(10)15-7/h3-6,18H,14H2,1-2H3. The van der Waals surface area contributed by atoms with Crippen molar-refractivity contribution in [2.45, 2.75) is 12.5 Å². The van der Waals surface area contributed by atoms with Crippen LogP contribution in [-0.4, -0.2) is 29.8 Å². The minimum atomic E-state index is -1.62. The quantitative estimate of drug-likeness (QED) is 0.519. The van der Waals surface area contributed by atoms with E-state index in [1.807, 2.05) is 19.1 Å². The molecule has 5 nitrogen and oxygen atoms in total. The van der Waals surface area contributed by atoms with Crippen molar-refractivity contribution in [2.24, 2.45) is 0 Å². The third-order valence-electron chi connectivity index (χ3n) is 3.33. The van der Waals surface area contributed by atoms with E-state index in [-0.39, 0.29) is 0 Å². The second-order valence-corrected chi connectivity index (χ2v) is 4.58. The van der Waals surface area contributed by atoms with E-state index in [4.69, 9.17) is 13.6 Å². The molecule has 1 unspecified atom stereocenters. The van der Waals surface area contributed by atoms with Gasteiger partial charge in [0, 0.05) is 7.05 Å². The molecule has 0 bridgehead atoms. The van der Waals surface area contributed by atoms with E-state index in [9.17, 15) is 5.11 Å². The molecule has 0 saturated carbocycles. The smallest absolute Gasteiger partial charge is 0.153 e. The van der Waals surface area contributed by atoms with Crippen LogP contribution in [-0.2, 0) is 5.62 Å². The fourth-order valence-corrected chi connectivity index (χ4v) is 2.37. The molecule has 1 atom stereocenters. The predicted molar refractivity (Wildman–Crippen MR) is 70.8 cm³/mol. The van der Waals surface area contributed by atoms with Crippen LogP contribution in [0.3, 0.4) is 0 Å². The lowest BCUT2D eigenvalue weighted by atomic mass is 9.83. The maximum Gasteiger partial charge on any atom is 0.153 e. The Morgan fingerprint density at radius 2 is 2.17 bits per heavy atom. The van der Waals surface area contributed by atoms with Gasteiger partial charge < -0.3 is 15.7 Å². The van der Waals surface area contributed by atoms with Gasteiger partial charge in [0.05, 0.1) is 28.5 Å². The minimum Gasteiger partial charge on any atom is -0.397 e. The Hall–Kier alpha value is -1.95. The van der Waals surface area contributed by atoms with Gasteiger partial charge in [0.15, 0.2) is 7.85 Å². The molecule has 0 fully saturated rings. The van der Waals surface area contributed by atoms with Crippen LogP contribution in [0.25, 0.3) is 5.69 Å². The highest BCUT2D eigenvalue weighted by Crippen LogP contribution is 2.41. The summed E-state index contributed by atoms with van der Waals surface area (Å²) >= 11 is 0. The number of hydrogen-bond acceptors (Lipinski definition) is 4. The van der Waals surface area contributed by atoms with Gasteiger partial charge in [-0.05, 0) is 25.1 Å². The highest BCUT2D eigenvalue weighted by atomic mass is 16.3. The number of hydrogen-bond donors (Lipinski definition) is 2. The van der Waals surface area contributed by atoms with Crippen LogP contribution in [0, 0.1) is 6.92 Å². The minimum absolute atomic E-state index is 0.528. The summed E-state index contributed by atoms with van der Waals surface area (Å²) < 4.78 is 1.64. The zero-order chi connectivity index (χ0) is 13.1. The molecule has 0 aliphatic carbocycles. The molecule has 0 amide bonds. The summed E-state index contributed by atoms with van der Waals surface area (Å²) in [6.45, 7) is 1.85. The van der Waals surface area contributed by atoms with Crippen LogP contribution in [0.1, 0.15) is 11.4 Å². The van der Waals surface area contributed by atoms with Crippen molar-refractivity contribution in [2.75, 3.05) is 17.7 Å². The van der Waals surface area contributed by atoms with E-state index in [1.54, 1.807) is 28.8 Å². The van der Waals surface area contributed by atoms with Gasteiger partial charge in [-0.1, -0.05) is 6.07 Å². The second-order valence-electron chi connectivity index (χ2n) is 4.58. The van der Waals surface area contributed by atoms with Crippen molar-refractivity contribution < 1.29 is 5.11 Å². The SMILES string of the molecule is [B]C1(O)c2cc(C)nn2-c2cccc(N)c2N1C. The normalized spacial score (nSPS) is 21.6. The van der Waals surface area contributed by atoms with Crippen LogP contribution in [0.2, 0.25) is 0 Å². The molecule has 1 aliphatic rings.